The van der Waals surface area contributed by atoms with Crippen LogP contribution < -0.4 is 5.73 Å². The molecule has 4 rings (SSSR count). The van der Waals surface area contributed by atoms with Gasteiger partial charge in [0.15, 0.2) is 0 Å². The molecule has 1 saturated heterocycles. The van der Waals surface area contributed by atoms with Gasteiger partial charge in [0.05, 0.1) is 12.2 Å². The zero-order chi connectivity index (χ0) is 18.1. The molecule has 2 heteroatoms. The van der Waals surface area contributed by atoms with Crippen molar-refractivity contribution in [3.05, 3.63) is 0 Å². The third kappa shape index (κ3) is 3.75. The molecule has 2 nitrogen and oxygen atoms in total. The van der Waals surface area contributed by atoms with Crippen LogP contribution in [0.15, 0.2) is 0 Å². The van der Waals surface area contributed by atoms with Gasteiger partial charge in [-0.05, 0) is 80.5 Å². The summed E-state index contributed by atoms with van der Waals surface area (Å²) in [7, 11) is 0. The van der Waals surface area contributed by atoms with E-state index in [0.29, 0.717) is 18.2 Å². The second kappa shape index (κ2) is 8.52. The molecule has 3 saturated carbocycles. The Kier molecular flexibility index (Phi) is 6.30. The number of rotatable bonds is 5. The summed E-state index contributed by atoms with van der Waals surface area (Å²) in [5, 5.41) is 0. The summed E-state index contributed by atoms with van der Waals surface area (Å²) in [5.41, 5.74) is 6.80. The van der Waals surface area contributed by atoms with Gasteiger partial charge >= 0.3 is 0 Å². The lowest BCUT2D eigenvalue weighted by atomic mass is 9.59. The van der Waals surface area contributed by atoms with Crippen LogP contribution in [0.1, 0.15) is 97.3 Å². The Morgan fingerprint density at radius 2 is 1.69 bits per heavy atom. The summed E-state index contributed by atoms with van der Waals surface area (Å²) in [5.74, 6) is 5.08. The van der Waals surface area contributed by atoms with E-state index in [0.717, 1.165) is 35.5 Å². The van der Waals surface area contributed by atoms with Gasteiger partial charge in [-0.15, -0.1) is 0 Å². The fourth-order valence-corrected chi connectivity index (χ4v) is 7.33. The highest BCUT2D eigenvalue weighted by atomic mass is 16.5. The Labute approximate surface area is 162 Å². The monoisotopic (exact) mass is 361 g/mol. The van der Waals surface area contributed by atoms with Crippen LogP contribution >= 0.6 is 0 Å². The third-order valence-corrected chi connectivity index (χ3v) is 8.82. The molecule has 7 atom stereocenters. The Bertz CT molecular complexity index is 443. The first-order valence-corrected chi connectivity index (χ1v) is 12.1. The number of hydrogen-bond donors (Lipinski definition) is 1. The Hall–Kier alpha value is -0.0800. The highest BCUT2D eigenvalue weighted by Gasteiger charge is 2.55. The van der Waals surface area contributed by atoms with Crippen molar-refractivity contribution in [3.63, 3.8) is 0 Å². The Balaban J connectivity index is 1.51. The van der Waals surface area contributed by atoms with E-state index in [1.807, 2.05) is 0 Å². The summed E-state index contributed by atoms with van der Waals surface area (Å²) >= 11 is 0. The smallest absolute Gasteiger partial charge is 0.0644 e. The van der Waals surface area contributed by atoms with Gasteiger partial charge in [-0.25, -0.2) is 0 Å². The van der Waals surface area contributed by atoms with E-state index in [9.17, 15) is 0 Å². The summed E-state index contributed by atoms with van der Waals surface area (Å²) < 4.78 is 6.89. The lowest BCUT2D eigenvalue weighted by Crippen LogP contribution is -2.48. The van der Waals surface area contributed by atoms with Crippen LogP contribution in [0.4, 0.5) is 0 Å². The molecule has 1 aliphatic heterocycles. The van der Waals surface area contributed by atoms with Gasteiger partial charge < -0.3 is 10.5 Å². The molecule has 0 bridgehead atoms. The van der Waals surface area contributed by atoms with E-state index in [1.165, 1.54) is 83.5 Å². The van der Waals surface area contributed by atoms with Crippen molar-refractivity contribution in [2.45, 2.75) is 116 Å². The van der Waals surface area contributed by atoms with Crippen LogP contribution in [0, 0.1) is 35.5 Å². The molecule has 3 aliphatic carbocycles. The largest absolute Gasteiger partial charge is 0.374 e. The molecule has 4 aliphatic rings. The predicted octanol–water partition coefficient (Wildman–Crippen LogP) is 5.93. The van der Waals surface area contributed by atoms with Crippen molar-refractivity contribution in [3.8, 4) is 0 Å². The third-order valence-electron chi connectivity index (χ3n) is 8.82. The van der Waals surface area contributed by atoms with Gasteiger partial charge in [-0.3, -0.25) is 0 Å². The van der Waals surface area contributed by atoms with E-state index in [4.69, 9.17) is 10.5 Å². The fraction of sp³-hybridized carbons (Fsp3) is 1.00. The second-order valence-electron chi connectivity index (χ2n) is 10.4. The lowest BCUT2D eigenvalue weighted by Gasteiger charge is -2.46. The van der Waals surface area contributed by atoms with Gasteiger partial charge in [0.1, 0.15) is 0 Å². The molecule has 150 valence electrons. The second-order valence-corrected chi connectivity index (χ2v) is 10.4. The lowest BCUT2D eigenvalue weighted by molar-refractivity contribution is -0.0625. The number of unbranched alkanes of at least 4 members (excludes halogenated alkanes) is 1. The standard InChI is InChI=1S/C24H43NO/c1-3-4-8-21(25)19-15-14-18(17-12-10-16(2)11-13-17)24-23(19)20-7-5-6-9-22(20)26-24/h16-24H,3-15,25H2,1-2H3. The van der Waals surface area contributed by atoms with E-state index in [1.54, 1.807) is 0 Å². The Morgan fingerprint density at radius 1 is 0.923 bits per heavy atom. The molecule has 0 aromatic heterocycles. The molecular weight excluding hydrogens is 318 g/mol. The molecule has 26 heavy (non-hydrogen) atoms. The van der Waals surface area contributed by atoms with Crippen molar-refractivity contribution in [2.75, 3.05) is 0 Å². The number of ether oxygens (including phenoxy) is 1. The maximum Gasteiger partial charge on any atom is 0.0644 e. The first kappa shape index (κ1) is 19.2. The fourth-order valence-electron chi connectivity index (χ4n) is 7.33. The van der Waals surface area contributed by atoms with Crippen LogP contribution in [-0.4, -0.2) is 18.2 Å². The highest BCUT2D eigenvalue weighted by Crippen LogP contribution is 2.55. The molecule has 0 aromatic rings. The van der Waals surface area contributed by atoms with Crippen molar-refractivity contribution in [1.29, 1.82) is 0 Å². The average molecular weight is 362 g/mol. The zero-order valence-corrected chi connectivity index (χ0v) is 17.4. The summed E-state index contributed by atoms with van der Waals surface area (Å²) in [6.07, 6.45) is 19.1. The molecule has 2 N–H and O–H groups in total. The maximum absolute atomic E-state index is 6.89. The first-order chi connectivity index (χ1) is 12.7. The first-order valence-electron chi connectivity index (χ1n) is 12.1. The van der Waals surface area contributed by atoms with Crippen LogP contribution in [0.2, 0.25) is 0 Å². The summed E-state index contributed by atoms with van der Waals surface area (Å²) in [4.78, 5) is 0. The molecular formula is C24H43NO. The number of hydrogen-bond acceptors (Lipinski definition) is 2. The maximum atomic E-state index is 6.89. The van der Waals surface area contributed by atoms with Crippen molar-refractivity contribution in [2.24, 2.45) is 41.2 Å². The number of nitrogens with two attached hydrogens (primary N) is 1. The molecule has 7 unspecified atom stereocenters. The average Bonchev–Trinajstić information content (AvgIpc) is 3.06. The van der Waals surface area contributed by atoms with Crippen LogP contribution in [-0.2, 0) is 4.74 Å². The van der Waals surface area contributed by atoms with Gasteiger partial charge in [-0.2, -0.15) is 0 Å². The van der Waals surface area contributed by atoms with E-state index in [2.05, 4.69) is 13.8 Å². The SMILES string of the molecule is CCCCC(N)C1CCC(C2CCC(C)CC2)C2OC3CCCCC3C12. The zero-order valence-electron chi connectivity index (χ0n) is 17.4. The summed E-state index contributed by atoms with van der Waals surface area (Å²) in [6, 6.07) is 0.416. The van der Waals surface area contributed by atoms with Gasteiger partial charge in [0.25, 0.3) is 0 Å². The molecule has 0 spiro atoms. The van der Waals surface area contributed by atoms with Crippen molar-refractivity contribution in [1.82, 2.24) is 0 Å². The Morgan fingerprint density at radius 3 is 2.46 bits per heavy atom. The highest BCUT2D eigenvalue weighted by molar-refractivity contribution is 5.04. The quantitative estimate of drug-likeness (QED) is 0.658. The van der Waals surface area contributed by atoms with Crippen LogP contribution in [0.3, 0.4) is 0 Å². The molecule has 0 aromatic carbocycles. The van der Waals surface area contributed by atoms with E-state index < -0.39 is 0 Å². The van der Waals surface area contributed by atoms with Gasteiger partial charge in [0.2, 0.25) is 0 Å². The predicted molar refractivity (Wildman–Crippen MR) is 109 cm³/mol. The molecule has 0 amide bonds. The van der Waals surface area contributed by atoms with Crippen molar-refractivity contribution < 1.29 is 4.74 Å². The van der Waals surface area contributed by atoms with Crippen molar-refractivity contribution >= 4 is 0 Å². The van der Waals surface area contributed by atoms with Gasteiger partial charge in [0, 0.05) is 6.04 Å². The molecule has 0 radical (unpaired) electrons. The minimum absolute atomic E-state index is 0.416. The van der Waals surface area contributed by atoms with E-state index in [-0.39, 0.29) is 0 Å². The van der Waals surface area contributed by atoms with Gasteiger partial charge in [-0.1, -0.05) is 52.4 Å². The summed E-state index contributed by atoms with van der Waals surface area (Å²) in [6.45, 7) is 4.75. The van der Waals surface area contributed by atoms with E-state index >= 15 is 0 Å². The molecule has 4 fully saturated rings. The minimum Gasteiger partial charge on any atom is -0.374 e. The minimum atomic E-state index is 0.416. The topological polar surface area (TPSA) is 35.2 Å². The van der Waals surface area contributed by atoms with Crippen LogP contribution in [0.25, 0.3) is 0 Å². The molecule has 1 heterocycles. The normalized spacial score (nSPS) is 47.2. The van der Waals surface area contributed by atoms with Crippen LogP contribution in [0.5, 0.6) is 0 Å². The number of fused-ring (bicyclic) bond motifs is 3.